The second-order valence-corrected chi connectivity index (χ2v) is 7.79. The zero-order chi connectivity index (χ0) is 15.5. The maximum absolute atomic E-state index is 12.3. The average Bonchev–Trinajstić information content (AvgIpc) is 2.78. The van der Waals surface area contributed by atoms with Gasteiger partial charge in [-0.1, -0.05) is 18.5 Å². The molecule has 0 aliphatic carbocycles. The topological polar surface area (TPSA) is 104 Å². The molecule has 0 N–H and O–H groups in total. The zero-order valence-corrected chi connectivity index (χ0v) is 13.1. The van der Waals surface area contributed by atoms with E-state index in [-0.39, 0.29) is 21.6 Å². The normalized spacial score (nSPS) is 13.2. The molecule has 0 aromatic carbocycles. The Bertz CT molecular complexity index is 650. The third-order valence-corrected chi connectivity index (χ3v) is 6.22. The Balaban J connectivity index is 3.18. The molecule has 7 nitrogen and oxygen atoms in total. The fourth-order valence-corrected chi connectivity index (χ4v) is 4.82. The number of sulfonamides is 1. The molecule has 1 aromatic rings. The summed E-state index contributed by atoms with van der Waals surface area (Å²) < 4.78 is 25.4. The fourth-order valence-electron chi connectivity index (χ4n) is 1.46. The number of nitrogens with zero attached hydrogens (tertiary/aromatic N) is 3. The Morgan fingerprint density at radius 3 is 2.65 bits per heavy atom. The van der Waals surface area contributed by atoms with Gasteiger partial charge in [0.25, 0.3) is 15.7 Å². The monoisotopic (exact) mass is 337 g/mol. The molecule has 1 heterocycles. The van der Waals surface area contributed by atoms with E-state index in [1.54, 1.807) is 13.8 Å². The van der Waals surface area contributed by atoms with Crippen molar-refractivity contribution < 1.29 is 13.3 Å². The molecule has 0 bridgehead atoms. The van der Waals surface area contributed by atoms with Crippen molar-refractivity contribution in [2.24, 2.45) is 5.92 Å². The number of halogens is 1. The van der Waals surface area contributed by atoms with E-state index in [1.807, 2.05) is 6.07 Å². The smallest absolute Gasteiger partial charge is 0.258 e. The molecule has 0 aliphatic heterocycles. The van der Waals surface area contributed by atoms with Crippen molar-refractivity contribution in [1.82, 2.24) is 4.31 Å². The molecule has 1 rings (SSSR count). The van der Waals surface area contributed by atoms with Gasteiger partial charge in [0.15, 0.2) is 4.34 Å². The van der Waals surface area contributed by atoms with Gasteiger partial charge in [0, 0.05) is 19.2 Å². The van der Waals surface area contributed by atoms with E-state index in [1.165, 1.54) is 0 Å². The predicted octanol–water partition coefficient (Wildman–Crippen LogP) is 2.48. The van der Waals surface area contributed by atoms with Crippen LogP contribution in [0.2, 0.25) is 4.34 Å². The highest BCUT2D eigenvalue weighted by Crippen LogP contribution is 2.37. The summed E-state index contributed by atoms with van der Waals surface area (Å²) in [6.07, 6.45) is 0. The summed E-state index contributed by atoms with van der Waals surface area (Å²) >= 11 is 6.31. The van der Waals surface area contributed by atoms with Gasteiger partial charge in [0.2, 0.25) is 0 Å². The van der Waals surface area contributed by atoms with Crippen molar-refractivity contribution >= 4 is 38.6 Å². The molecule has 0 amide bonds. The standard InChI is InChI=1S/C10H12ClN3O4S2/c1-3-13(6-7(2)5-12)20(17,18)9-4-8(14(15)16)10(11)19-9/h4,7H,3,6H2,1-2H3. The minimum Gasteiger partial charge on any atom is -0.258 e. The number of rotatable bonds is 6. The van der Waals surface area contributed by atoms with E-state index in [0.29, 0.717) is 11.3 Å². The van der Waals surface area contributed by atoms with Crippen LogP contribution in [0.4, 0.5) is 5.69 Å². The van der Waals surface area contributed by atoms with Crippen LogP contribution in [0, 0.1) is 27.4 Å². The van der Waals surface area contributed by atoms with Gasteiger partial charge in [0.05, 0.1) is 16.9 Å². The lowest BCUT2D eigenvalue weighted by Gasteiger charge is -2.20. The SMILES string of the molecule is CCN(CC(C)C#N)S(=O)(=O)c1cc([N+](=O)[O-])c(Cl)s1. The van der Waals surface area contributed by atoms with Crippen LogP contribution in [-0.2, 0) is 10.0 Å². The second-order valence-electron chi connectivity index (χ2n) is 3.97. The van der Waals surface area contributed by atoms with Crippen LogP contribution in [0.3, 0.4) is 0 Å². The summed E-state index contributed by atoms with van der Waals surface area (Å²) in [5, 5.41) is 19.5. The van der Waals surface area contributed by atoms with Crippen LogP contribution in [-0.4, -0.2) is 30.7 Å². The quantitative estimate of drug-likeness (QED) is 0.585. The summed E-state index contributed by atoms with van der Waals surface area (Å²) in [5.41, 5.74) is -0.431. The van der Waals surface area contributed by atoms with Gasteiger partial charge in [-0.25, -0.2) is 8.42 Å². The fraction of sp³-hybridized carbons (Fsp3) is 0.500. The summed E-state index contributed by atoms with van der Waals surface area (Å²) in [6.45, 7) is 3.42. The molecule has 0 fully saturated rings. The molecule has 110 valence electrons. The van der Waals surface area contributed by atoms with Gasteiger partial charge in [-0.05, 0) is 6.92 Å². The van der Waals surface area contributed by atoms with Crippen molar-refractivity contribution in [3.8, 4) is 6.07 Å². The molecule has 20 heavy (non-hydrogen) atoms. The predicted molar refractivity (Wildman–Crippen MR) is 75.2 cm³/mol. The van der Waals surface area contributed by atoms with Gasteiger partial charge in [-0.15, -0.1) is 11.3 Å². The van der Waals surface area contributed by atoms with E-state index in [0.717, 1.165) is 10.4 Å². The van der Waals surface area contributed by atoms with E-state index < -0.39 is 26.6 Å². The van der Waals surface area contributed by atoms with Crippen molar-refractivity contribution in [1.29, 1.82) is 5.26 Å². The Morgan fingerprint density at radius 1 is 1.65 bits per heavy atom. The highest BCUT2D eigenvalue weighted by atomic mass is 35.5. The maximum Gasteiger partial charge on any atom is 0.300 e. The molecule has 0 radical (unpaired) electrons. The average molecular weight is 338 g/mol. The first kappa shape index (κ1) is 16.8. The maximum atomic E-state index is 12.3. The van der Waals surface area contributed by atoms with E-state index in [2.05, 4.69) is 0 Å². The largest absolute Gasteiger partial charge is 0.300 e. The van der Waals surface area contributed by atoms with Crippen molar-refractivity contribution in [2.75, 3.05) is 13.1 Å². The van der Waals surface area contributed by atoms with E-state index in [9.17, 15) is 18.5 Å². The minimum atomic E-state index is -3.88. The lowest BCUT2D eigenvalue weighted by atomic mass is 10.2. The third-order valence-electron chi connectivity index (χ3n) is 2.49. The van der Waals surface area contributed by atoms with Crippen LogP contribution >= 0.6 is 22.9 Å². The lowest BCUT2D eigenvalue weighted by Crippen LogP contribution is -2.33. The molecule has 0 spiro atoms. The number of nitro groups is 1. The molecule has 0 aliphatic rings. The van der Waals surface area contributed by atoms with Crippen molar-refractivity contribution in [3.63, 3.8) is 0 Å². The van der Waals surface area contributed by atoms with E-state index >= 15 is 0 Å². The highest BCUT2D eigenvalue weighted by Gasteiger charge is 2.30. The number of hydrogen-bond acceptors (Lipinski definition) is 6. The first-order valence-electron chi connectivity index (χ1n) is 5.57. The summed E-state index contributed by atoms with van der Waals surface area (Å²) in [7, 11) is -3.88. The molecular formula is C10H12ClN3O4S2. The van der Waals surface area contributed by atoms with Crippen LogP contribution in [0.25, 0.3) is 0 Å². The summed E-state index contributed by atoms with van der Waals surface area (Å²) in [4.78, 5) is 9.97. The second kappa shape index (κ2) is 6.49. The molecule has 0 saturated carbocycles. The van der Waals surface area contributed by atoms with Crippen molar-refractivity contribution in [3.05, 3.63) is 20.5 Å². The van der Waals surface area contributed by atoms with Crippen LogP contribution in [0.5, 0.6) is 0 Å². The van der Waals surface area contributed by atoms with Gasteiger partial charge in [0.1, 0.15) is 4.21 Å². The minimum absolute atomic E-state index is 0.0264. The highest BCUT2D eigenvalue weighted by molar-refractivity contribution is 7.91. The van der Waals surface area contributed by atoms with Gasteiger partial charge < -0.3 is 0 Å². The van der Waals surface area contributed by atoms with Crippen LogP contribution in [0.1, 0.15) is 13.8 Å². The Kier molecular flexibility index (Phi) is 5.47. The van der Waals surface area contributed by atoms with Gasteiger partial charge in [-0.3, -0.25) is 10.1 Å². The Morgan fingerprint density at radius 2 is 2.25 bits per heavy atom. The molecule has 1 atom stereocenters. The van der Waals surface area contributed by atoms with Crippen LogP contribution in [0.15, 0.2) is 10.3 Å². The zero-order valence-electron chi connectivity index (χ0n) is 10.7. The Labute approximate surface area is 125 Å². The number of thiophene rings is 1. The molecule has 0 saturated heterocycles. The third kappa shape index (κ3) is 3.46. The summed E-state index contributed by atoms with van der Waals surface area (Å²) in [6, 6.07) is 2.90. The first-order chi connectivity index (χ1) is 9.23. The van der Waals surface area contributed by atoms with Crippen LogP contribution < -0.4 is 0 Å². The summed E-state index contributed by atoms with van der Waals surface area (Å²) in [5.74, 6) is -0.477. The van der Waals surface area contributed by atoms with E-state index in [4.69, 9.17) is 16.9 Å². The Hall–Kier alpha value is -1.21. The molecule has 1 unspecified atom stereocenters. The number of hydrogen-bond donors (Lipinski definition) is 0. The molecular weight excluding hydrogens is 326 g/mol. The van der Waals surface area contributed by atoms with Gasteiger partial charge in [-0.2, -0.15) is 9.57 Å². The molecule has 1 aromatic heterocycles. The molecule has 10 heteroatoms. The first-order valence-corrected chi connectivity index (χ1v) is 8.21. The van der Waals surface area contributed by atoms with Gasteiger partial charge >= 0.3 is 0 Å². The lowest BCUT2D eigenvalue weighted by molar-refractivity contribution is -0.384. The number of nitriles is 1. The van der Waals surface area contributed by atoms with Crippen molar-refractivity contribution in [2.45, 2.75) is 18.1 Å².